The molecular weight excluding hydrogens is 322 g/mol. The fraction of sp³-hybridized carbons (Fsp3) is 0.474. The Morgan fingerprint density at radius 2 is 1.75 bits per heavy atom. The van der Waals surface area contributed by atoms with Crippen molar-refractivity contribution in [1.29, 1.82) is 0 Å². The average Bonchev–Trinajstić information content (AvgIpc) is 2.78. The van der Waals surface area contributed by atoms with E-state index in [9.17, 15) is 9.59 Å². The third-order valence-corrected chi connectivity index (χ3v) is 4.53. The molecule has 0 spiro atoms. The van der Waals surface area contributed by atoms with Gasteiger partial charge in [-0.25, -0.2) is 0 Å². The smallest absolute Gasteiger partial charge is 0.267 e. The van der Waals surface area contributed by atoms with E-state index >= 15 is 0 Å². The quantitative estimate of drug-likeness (QED) is 0.668. The van der Waals surface area contributed by atoms with Crippen LogP contribution in [0, 0.1) is 5.92 Å². The van der Waals surface area contributed by atoms with E-state index in [0.717, 1.165) is 23.5 Å². The Morgan fingerprint density at radius 3 is 2.29 bits per heavy atom. The zero-order valence-corrected chi connectivity index (χ0v) is 15.6. The summed E-state index contributed by atoms with van der Waals surface area (Å²) in [5.41, 5.74) is 1.30. The lowest BCUT2D eigenvalue weighted by molar-refractivity contribution is -0.137. The maximum absolute atomic E-state index is 12.8. The van der Waals surface area contributed by atoms with Crippen molar-refractivity contribution < 1.29 is 14.3 Å². The Bertz CT molecular complexity index is 635. The molecular formula is C19H25NO3S. The van der Waals surface area contributed by atoms with Crippen LogP contribution in [0.4, 0.5) is 0 Å². The number of carbonyl (C=O) groups excluding carboxylic acids is 2. The third kappa shape index (κ3) is 4.01. The summed E-state index contributed by atoms with van der Waals surface area (Å²) in [6.45, 7) is 9.17. The van der Waals surface area contributed by atoms with E-state index in [1.54, 1.807) is 0 Å². The van der Waals surface area contributed by atoms with Gasteiger partial charge in [-0.2, -0.15) is 0 Å². The molecule has 1 aliphatic rings. The van der Waals surface area contributed by atoms with Gasteiger partial charge in [0, 0.05) is 6.54 Å². The van der Waals surface area contributed by atoms with Crippen molar-refractivity contribution in [3.8, 4) is 5.75 Å². The molecule has 130 valence electrons. The molecule has 1 aliphatic heterocycles. The van der Waals surface area contributed by atoms with Crippen LogP contribution in [0.15, 0.2) is 29.2 Å². The van der Waals surface area contributed by atoms with Crippen LogP contribution in [0.25, 0.3) is 5.57 Å². The Labute approximate surface area is 148 Å². The van der Waals surface area contributed by atoms with Crippen LogP contribution in [0.5, 0.6) is 5.75 Å². The number of hydrogen-bond acceptors (Lipinski definition) is 4. The summed E-state index contributed by atoms with van der Waals surface area (Å²) in [4.78, 5) is 27.4. The van der Waals surface area contributed by atoms with E-state index in [1.165, 1.54) is 16.7 Å². The van der Waals surface area contributed by atoms with Gasteiger partial charge in [0.2, 0.25) is 0 Å². The van der Waals surface area contributed by atoms with Gasteiger partial charge in [0.15, 0.2) is 0 Å². The second kappa shape index (κ2) is 8.38. The SMILES string of the molecule is CCCOc1ccc(C2=C(SCC)C(=O)N(CC(C)C)C2=O)cc1. The number of hydrogen-bond donors (Lipinski definition) is 0. The number of rotatable bonds is 8. The molecule has 0 atom stereocenters. The summed E-state index contributed by atoms with van der Waals surface area (Å²) in [6.07, 6.45) is 0.946. The van der Waals surface area contributed by atoms with Crippen LogP contribution in [0.2, 0.25) is 0 Å². The molecule has 24 heavy (non-hydrogen) atoms. The first-order valence-electron chi connectivity index (χ1n) is 8.46. The third-order valence-electron chi connectivity index (χ3n) is 3.58. The van der Waals surface area contributed by atoms with Crippen molar-refractivity contribution >= 4 is 29.1 Å². The Hall–Kier alpha value is -1.75. The van der Waals surface area contributed by atoms with Crippen molar-refractivity contribution in [3.63, 3.8) is 0 Å². The largest absolute Gasteiger partial charge is 0.494 e. The zero-order chi connectivity index (χ0) is 17.7. The van der Waals surface area contributed by atoms with Gasteiger partial charge >= 0.3 is 0 Å². The number of imide groups is 1. The topological polar surface area (TPSA) is 46.6 Å². The van der Waals surface area contributed by atoms with Gasteiger partial charge in [0.1, 0.15) is 5.75 Å². The van der Waals surface area contributed by atoms with E-state index in [-0.39, 0.29) is 17.7 Å². The van der Waals surface area contributed by atoms with Gasteiger partial charge in [0.05, 0.1) is 17.1 Å². The van der Waals surface area contributed by atoms with Crippen molar-refractivity contribution in [3.05, 3.63) is 34.7 Å². The summed E-state index contributed by atoms with van der Waals surface area (Å²) in [5, 5.41) is 0. The fourth-order valence-corrected chi connectivity index (χ4v) is 3.43. The van der Waals surface area contributed by atoms with Crippen molar-refractivity contribution in [2.45, 2.75) is 34.1 Å². The van der Waals surface area contributed by atoms with Crippen molar-refractivity contribution in [2.24, 2.45) is 5.92 Å². The standard InChI is InChI=1S/C19H25NO3S/c1-5-11-23-15-9-7-14(8-10-15)16-17(24-6-2)19(22)20(18(16)21)12-13(3)4/h7-10,13H,5-6,11-12H2,1-4H3. The molecule has 0 bridgehead atoms. The molecule has 0 aliphatic carbocycles. The highest BCUT2D eigenvalue weighted by Crippen LogP contribution is 2.36. The van der Waals surface area contributed by atoms with E-state index in [4.69, 9.17) is 4.74 Å². The molecule has 0 saturated carbocycles. The summed E-state index contributed by atoms with van der Waals surface area (Å²) >= 11 is 1.44. The molecule has 5 heteroatoms. The molecule has 4 nitrogen and oxygen atoms in total. The zero-order valence-electron chi connectivity index (χ0n) is 14.8. The minimum Gasteiger partial charge on any atom is -0.494 e. The summed E-state index contributed by atoms with van der Waals surface area (Å²) in [6, 6.07) is 7.44. The minimum atomic E-state index is -0.188. The molecule has 0 fully saturated rings. The molecule has 1 aromatic carbocycles. The number of nitrogens with zero attached hydrogens (tertiary/aromatic N) is 1. The molecule has 0 saturated heterocycles. The predicted molar refractivity (Wildman–Crippen MR) is 98.8 cm³/mol. The molecule has 2 amide bonds. The lowest BCUT2D eigenvalue weighted by Gasteiger charge is -2.17. The molecule has 1 aromatic rings. The van der Waals surface area contributed by atoms with Crippen LogP contribution >= 0.6 is 11.8 Å². The highest BCUT2D eigenvalue weighted by atomic mass is 32.2. The molecule has 0 N–H and O–H groups in total. The molecule has 1 heterocycles. The average molecular weight is 347 g/mol. The van der Waals surface area contributed by atoms with Gasteiger partial charge in [-0.1, -0.05) is 39.8 Å². The van der Waals surface area contributed by atoms with Gasteiger partial charge < -0.3 is 4.74 Å². The number of ether oxygens (including phenoxy) is 1. The second-order valence-electron chi connectivity index (χ2n) is 6.12. The van der Waals surface area contributed by atoms with Gasteiger partial charge in [-0.15, -0.1) is 11.8 Å². The number of carbonyl (C=O) groups is 2. The summed E-state index contributed by atoms with van der Waals surface area (Å²) < 4.78 is 5.59. The Kier molecular flexibility index (Phi) is 6.49. The van der Waals surface area contributed by atoms with Crippen molar-refractivity contribution in [1.82, 2.24) is 4.90 Å². The second-order valence-corrected chi connectivity index (χ2v) is 7.40. The maximum atomic E-state index is 12.8. The van der Waals surface area contributed by atoms with E-state index in [0.29, 0.717) is 23.6 Å². The van der Waals surface area contributed by atoms with E-state index < -0.39 is 0 Å². The lowest BCUT2D eigenvalue weighted by Crippen LogP contribution is -2.34. The van der Waals surface area contributed by atoms with Crippen LogP contribution in [0.3, 0.4) is 0 Å². The first-order chi connectivity index (χ1) is 11.5. The Balaban J connectivity index is 2.33. The van der Waals surface area contributed by atoms with Crippen molar-refractivity contribution in [2.75, 3.05) is 18.9 Å². The van der Waals surface area contributed by atoms with Gasteiger partial charge in [0.25, 0.3) is 11.8 Å². The van der Waals surface area contributed by atoms with Gasteiger partial charge in [-0.05, 0) is 35.8 Å². The first-order valence-corrected chi connectivity index (χ1v) is 9.44. The van der Waals surface area contributed by atoms with Crippen LogP contribution in [-0.4, -0.2) is 35.6 Å². The highest BCUT2D eigenvalue weighted by Gasteiger charge is 2.38. The summed E-state index contributed by atoms with van der Waals surface area (Å²) in [5.74, 6) is 1.43. The molecule has 0 unspecified atom stereocenters. The number of benzene rings is 1. The predicted octanol–water partition coefficient (Wildman–Crippen LogP) is 3.96. The van der Waals surface area contributed by atoms with Crippen LogP contribution in [-0.2, 0) is 9.59 Å². The summed E-state index contributed by atoms with van der Waals surface area (Å²) in [7, 11) is 0. The Morgan fingerprint density at radius 1 is 1.08 bits per heavy atom. The van der Waals surface area contributed by atoms with Gasteiger partial charge in [-0.3, -0.25) is 14.5 Å². The highest BCUT2D eigenvalue weighted by molar-refractivity contribution is 8.04. The minimum absolute atomic E-state index is 0.165. The number of thioether (sulfide) groups is 1. The monoisotopic (exact) mass is 347 g/mol. The normalized spacial score (nSPS) is 15.0. The van der Waals surface area contributed by atoms with Crippen LogP contribution < -0.4 is 4.74 Å². The molecule has 0 aromatic heterocycles. The van der Waals surface area contributed by atoms with Crippen LogP contribution in [0.1, 0.15) is 39.7 Å². The lowest BCUT2D eigenvalue weighted by atomic mass is 10.1. The molecule has 0 radical (unpaired) electrons. The number of amides is 2. The fourth-order valence-electron chi connectivity index (χ4n) is 2.56. The molecule has 2 rings (SSSR count). The first kappa shape index (κ1) is 18.6. The maximum Gasteiger partial charge on any atom is 0.267 e. The van der Waals surface area contributed by atoms with E-state index in [2.05, 4.69) is 6.92 Å². The van der Waals surface area contributed by atoms with E-state index in [1.807, 2.05) is 45.0 Å².